The van der Waals surface area contributed by atoms with Crippen molar-refractivity contribution in [3.05, 3.63) is 0 Å². The molecular weight excluding hydrogens is 314 g/mol. The number of nitrogens with zero attached hydrogens (tertiary/aromatic N) is 1. The van der Waals surface area contributed by atoms with Crippen molar-refractivity contribution < 1.29 is 14.3 Å². The Morgan fingerprint density at radius 1 is 1.16 bits per heavy atom. The van der Waals surface area contributed by atoms with Crippen LogP contribution in [0.5, 0.6) is 0 Å². The smallest absolute Gasteiger partial charge is 0.311 e. The molecule has 25 heavy (non-hydrogen) atoms. The summed E-state index contributed by atoms with van der Waals surface area (Å²) in [5.74, 6) is 1.00. The minimum atomic E-state index is 0.0335. The molecule has 1 unspecified atom stereocenters. The van der Waals surface area contributed by atoms with E-state index >= 15 is 0 Å². The molecule has 3 aliphatic heterocycles. The first-order valence-corrected chi connectivity index (χ1v) is 10.7. The number of likely N-dealkylation sites (tertiary alicyclic amines) is 1. The standard InChI is InChI=1S/C21H33NO3/c1-14-8-7-9-20(2)12-16-17(18-21(14,20)25-18)15(19(23)24-16)13-22-10-5-3-4-6-11-22/h14-18H,3-13H2,1-2H3/t14-,15?,16+,17+,18-,20+,21-/m0/s1. The quantitative estimate of drug-likeness (QED) is 0.567. The lowest BCUT2D eigenvalue weighted by Gasteiger charge is -2.49. The van der Waals surface area contributed by atoms with E-state index in [2.05, 4.69) is 18.7 Å². The third-order valence-electron chi connectivity index (χ3n) is 8.35. The van der Waals surface area contributed by atoms with Gasteiger partial charge in [0, 0.05) is 17.9 Å². The van der Waals surface area contributed by atoms with E-state index in [4.69, 9.17) is 9.47 Å². The van der Waals surface area contributed by atoms with Crippen molar-refractivity contribution in [2.75, 3.05) is 19.6 Å². The van der Waals surface area contributed by atoms with Crippen LogP contribution < -0.4 is 0 Å². The van der Waals surface area contributed by atoms with Gasteiger partial charge >= 0.3 is 5.97 Å². The second-order valence-electron chi connectivity index (χ2n) is 9.76. The van der Waals surface area contributed by atoms with E-state index in [1.165, 1.54) is 44.9 Å². The molecule has 3 saturated heterocycles. The molecule has 0 aromatic carbocycles. The zero-order valence-electron chi connectivity index (χ0n) is 15.8. The third kappa shape index (κ3) is 2.29. The van der Waals surface area contributed by atoms with Gasteiger partial charge in [0.2, 0.25) is 0 Å². The minimum Gasteiger partial charge on any atom is -0.462 e. The van der Waals surface area contributed by atoms with Gasteiger partial charge in [-0.1, -0.05) is 33.1 Å². The molecule has 1 spiro atoms. The molecule has 7 atom stereocenters. The Hall–Kier alpha value is -0.610. The molecular formula is C21H33NO3. The van der Waals surface area contributed by atoms with Crippen LogP contribution in [0, 0.1) is 23.2 Å². The zero-order valence-corrected chi connectivity index (χ0v) is 15.8. The van der Waals surface area contributed by atoms with Crippen LogP contribution in [-0.2, 0) is 14.3 Å². The Morgan fingerprint density at radius 3 is 2.68 bits per heavy atom. The fraction of sp³-hybridized carbons (Fsp3) is 0.952. The number of rotatable bonds is 2. The molecule has 140 valence electrons. The van der Waals surface area contributed by atoms with Crippen LogP contribution in [-0.4, -0.2) is 48.3 Å². The number of hydrogen-bond donors (Lipinski definition) is 0. The van der Waals surface area contributed by atoms with E-state index in [0.29, 0.717) is 11.8 Å². The van der Waals surface area contributed by atoms with Crippen molar-refractivity contribution in [3.63, 3.8) is 0 Å². The van der Waals surface area contributed by atoms with E-state index < -0.39 is 0 Å². The normalized spacial score (nSPS) is 52.6. The summed E-state index contributed by atoms with van der Waals surface area (Å²) in [6.07, 6.45) is 10.4. The topological polar surface area (TPSA) is 42.1 Å². The lowest BCUT2D eigenvalue weighted by Crippen LogP contribution is -2.54. The van der Waals surface area contributed by atoms with Crippen LogP contribution in [0.2, 0.25) is 0 Å². The summed E-state index contributed by atoms with van der Waals surface area (Å²) >= 11 is 0. The predicted octanol–water partition coefficient (Wildman–Crippen LogP) is 3.39. The maximum absolute atomic E-state index is 12.7. The van der Waals surface area contributed by atoms with Crippen molar-refractivity contribution in [2.24, 2.45) is 23.2 Å². The molecule has 0 radical (unpaired) electrons. The molecule has 0 aromatic heterocycles. The summed E-state index contributed by atoms with van der Waals surface area (Å²) in [4.78, 5) is 15.3. The van der Waals surface area contributed by atoms with Gasteiger partial charge in [-0.2, -0.15) is 0 Å². The average molecular weight is 347 g/mol. The first-order valence-electron chi connectivity index (χ1n) is 10.7. The highest BCUT2D eigenvalue weighted by atomic mass is 16.6. The van der Waals surface area contributed by atoms with Gasteiger partial charge in [-0.05, 0) is 51.1 Å². The van der Waals surface area contributed by atoms with Crippen LogP contribution in [0.1, 0.15) is 65.2 Å². The van der Waals surface area contributed by atoms with Gasteiger partial charge < -0.3 is 14.4 Å². The Morgan fingerprint density at radius 2 is 1.92 bits per heavy atom. The molecule has 4 heteroatoms. The maximum atomic E-state index is 12.7. The van der Waals surface area contributed by atoms with Gasteiger partial charge in [-0.15, -0.1) is 0 Å². The monoisotopic (exact) mass is 347 g/mol. The first kappa shape index (κ1) is 16.6. The molecule has 0 amide bonds. The summed E-state index contributed by atoms with van der Waals surface area (Å²) in [7, 11) is 0. The molecule has 3 heterocycles. The Bertz CT molecular complexity index is 557. The maximum Gasteiger partial charge on any atom is 0.311 e. The van der Waals surface area contributed by atoms with Gasteiger partial charge in [0.15, 0.2) is 0 Å². The van der Waals surface area contributed by atoms with Gasteiger partial charge in [-0.3, -0.25) is 4.79 Å². The Labute approximate surface area is 151 Å². The van der Waals surface area contributed by atoms with E-state index in [-0.39, 0.29) is 35.1 Å². The van der Waals surface area contributed by atoms with E-state index in [1.807, 2.05) is 0 Å². The molecule has 5 rings (SSSR count). The van der Waals surface area contributed by atoms with Gasteiger partial charge in [0.05, 0.1) is 12.0 Å². The summed E-state index contributed by atoms with van der Waals surface area (Å²) in [5, 5.41) is 0. The zero-order chi connectivity index (χ0) is 17.2. The van der Waals surface area contributed by atoms with Crippen molar-refractivity contribution in [1.29, 1.82) is 0 Å². The largest absolute Gasteiger partial charge is 0.462 e. The van der Waals surface area contributed by atoms with Gasteiger partial charge in [-0.25, -0.2) is 0 Å². The number of ether oxygens (including phenoxy) is 2. The molecule has 5 fully saturated rings. The summed E-state index contributed by atoms with van der Waals surface area (Å²) in [5.41, 5.74) is 0.242. The SMILES string of the molecule is C[C@H]1CCC[C@]2(C)C[C@H]3OC(=O)C(CN4CCCCCC4)[C@H]3[C@@H]3O[C@@]132. The second kappa shape index (κ2) is 5.69. The summed E-state index contributed by atoms with van der Waals surface area (Å²) in [6, 6.07) is 0. The van der Waals surface area contributed by atoms with Crippen molar-refractivity contribution >= 4 is 5.97 Å². The first-order chi connectivity index (χ1) is 12.1. The number of fused-ring (bicyclic) bond motifs is 2. The molecule has 4 nitrogen and oxygen atoms in total. The summed E-state index contributed by atoms with van der Waals surface area (Å²) < 4.78 is 12.5. The number of carbonyl (C=O) groups is 1. The molecule has 5 aliphatic rings. The van der Waals surface area contributed by atoms with Gasteiger partial charge in [0.1, 0.15) is 11.7 Å². The highest BCUT2D eigenvalue weighted by Crippen LogP contribution is 2.70. The second-order valence-corrected chi connectivity index (χ2v) is 9.76. The molecule has 0 N–H and O–H groups in total. The fourth-order valence-corrected chi connectivity index (χ4v) is 7.04. The highest BCUT2D eigenvalue weighted by Gasteiger charge is 2.78. The van der Waals surface area contributed by atoms with E-state index in [1.54, 1.807) is 0 Å². The lowest BCUT2D eigenvalue weighted by atomic mass is 9.53. The van der Waals surface area contributed by atoms with E-state index in [9.17, 15) is 4.79 Å². The van der Waals surface area contributed by atoms with Crippen molar-refractivity contribution in [2.45, 2.75) is 83.0 Å². The molecule has 2 saturated carbocycles. The van der Waals surface area contributed by atoms with Gasteiger partial charge in [0.25, 0.3) is 0 Å². The van der Waals surface area contributed by atoms with Crippen LogP contribution >= 0.6 is 0 Å². The molecule has 2 aliphatic carbocycles. The summed E-state index contributed by atoms with van der Waals surface area (Å²) in [6.45, 7) is 7.95. The van der Waals surface area contributed by atoms with Crippen LogP contribution in [0.15, 0.2) is 0 Å². The van der Waals surface area contributed by atoms with Crippen molar-refractivity contribution in [3.8, 4) is 0 Å². The predicted molar refractivity (Wildman–Crippen MR) is 95.1 cm³/mol. The Kier molecular flexibility index (Phi) is 3.77. The van der Waals surface area contributed by atoms with Crippen LogP contribution in [0.3, 0.4) is 0 Å². The number of hydrogen-bond acceptors (Lipinski definition) is 4. The molecule has 0 aromatic rings. The number of esters is 1. The number of carbonyl (C=O) groups excluding carboxylic acids is 1. The molecule has 0 bridgehead atoms. The fourth-order valence-electron chi connectivity index (χ4n) is 7.04. The van der Waals surface area contributed by atoms with Crippen LogP contribution in [0.4, 0.5) is 0 Å². The van der Waals surface area contributed by atoms with E-state index in [0.717, 1.165) is 26.1 Å². The average Bonchev–Trinajstić information content (AvgIpc) is 3.30. The Balaban J connectivity index is 1.38. The number of epoxide rings is 1. The third-order valence-corrected chi connectivity index (χ3v) is 8.35. The van der Waals surface area contributed by atoms with Crippen LogP contribution in [0.25, 0.3) is 0 Å². The minimum absolute atomic E-state index is 0.0335. The highest BCUT2D eigenvalue weighted by molar-refractivity contribution is 5.76. The lowest BCUT2D eigenvalue weighted by molar-refractivity contribution is -0.146. The van der Waals surface area contributed by atoms with Crippen molar-refractivity contribution in [1.82, 2.24) is 4.90 Å².